The summed E-state index contributed by atoms with van der Waals surface area (Å²) in [5.41, 5.74) is 0.349. The Bertz CT molecular complexity index is 615. The molecule has 2 atom stereocenters. The molecule has 1 aromatic rings. The molecule has 23 heavy (non-hydrogen) atoms. The van der Waals surface area contributed by atoms with Gasteiger partial charge in [-0.3, -0.25) is 10.0 Å². The van der Waals surface area contributed by atoms with Gasteiger partial charge in [0.15, 0.2) is 0 Å². The first kappa shape index (κ1) is 16.0. The number of aldehydes is 1. The first-order chi connectivity index (χ1) is 11.1. The van der Waals surface area contributed by atoms with Crippen LogP contribution in [-0.4, -0.2) is 37.7 Å². The number of amides is 1. The summed E-state index contributed by atoms with van der Waals surface area (Å²) in [5, 5.41) is 8.97. The third-order valence-electron chi connectivity index (χ3n) is 4.98. The first-order valence-corrected chi connectivity index (χ1v) is 7.75. The maximum Gasteiger partial charge on any atom is 0.257 e. The summed E-state index contributed by atoms with van der Waals surface area (Å²) in [6.07, 6.45) is 3.32. The number of hydrogen-bond acceptors (Lipinski definition) is 5. The lowest BCUT2D eigenvalue weighted by Crippen LogP contribution is -2.38. The van der Waals surface area contributed by atoms with Crippen LogP contribution in [0, 0.1) is 11.3 Å². The smallest absolute Gasteiger partial charge is 0.257 e. The van der Waals surface area contributed by atoms with Crippen molar-refractivity contribution in [1.29, 1.82) is 0 Å². The quantitative estimate of drug-likeness (QED) is 0.328. The molecule has 2 saturated carbocycles. The summed E-state index contributed by atoms with van der Waals surface area (Å²) in [4.78, 5) is 23.6. The summed E-state index contributed by atoms with van der Waals surface area (Å²) in [6, 6.07) is 7.43. The zero-order chi connectivity index (χ0) is 16.5. The topological polar surface area (TPSA) is 84.9 Å². The molecular formula is C17H21NO5. The molecule has 2 fully saturated rings. The molecular weight excluding hydrogens is 298 g/mol. The largest absolute Gasteiger partial charge is 0.493 e. The normalized spacial score (nSPS) is 29.0. The number of hydroxylamine groups is 1. The predicted molar refractivity (Wildman–Crippen MR) is 81.3 cm³/mol. The standard InChI is InChI=1S/C17H21NO5/c1-22-11-17(9-16(17,10-19)15(20)18-21)13-3-2-4-14(7-13)23-8-12-5-6-12/h2-4,7,10,12,21H,5-6,8-9,11H2,1H3,(H,18,20)/t16-,17-/m0/s1. The number of carbonyl (C=O) groups excluding carboxylic acids is 2. The van der Waals surface area contributed by atoms with Gasteiger partial charge in [0, 0.05) is 12.5 Å². The van der Waals surface area contributed by atoms with Crippen molar-refractivity contribution in [3.63, 3.8) is 0 Å². The highest BCUT2D eigenvalue weighted by molar-refractivity contribution is 6.03. The first-order valence-electron chi connectivity index (χ1n) is 7.75. The van der Waals surface area contributed by atoms with Crippen LogP contribution in [0.25, 0.3) is 0 Å². The monoisotopic (exact) mass is 319 g/mol. The second-order valence-corrected chi connectivity index (χ2v) is 6.50. The summed E-state index contributed by atoms with van der Waals surface area (Å²) in [6.45, 7) is 0.905. The minimum absolute atomic E-state index is 0.214. The van der Waals surface area contributed by atoms with Gasteiger partial charge in [0.05, 0.1) is 13.2 Å². The molecule has 2 aliphatic rings. The molecule has 124 valence electrons. The molecule has 1 aromatic carbocycles. The van der Waals surface area contributed by atoms with Crippen molar-refractivity contribution in [1.82, 2.24) is 5.48 Å². The van der Waals surface area contributed by atoms with E-state index in [2.05, 4.69) is 0 Å². The van der Waals surface area contributed by atoms with Gasteiger partial charge in [0.1, 0.15) is 17.5 Å². The Morgan fingerprint density at radius 1 is 1.48 bits per heavy atom. The van der Waals surface area contributed by atoms with Crippen molar-refractivity contribution in [2.45, 2.75) is 24.7 Å². The minimum Gasteiger partial charge on any atom is -0.493 e. The number of carbonyl (C=O) groups is 2. The van der Waals surface area contributed by atoms with Crippen molar-refractivity contribution in [2.75, 3.05) is 20.3 Å². The van der Waals surface area contributed by atoms with Crippen molar-refractivity contribution < 1.29 is 24.3 Å². The molecule has 0 heterocycles. The number of hydrogen-bond donors (Lipinski definition) is 2. The molecule has 6 nitrogen and oxygen atoms in total. The van der Waals surface area contributed by atoms with E-state index in [9.17, 15) is 9.59 Å². The Morgan fingerprint density at radius 2 is 2.26 bits per heavy atom. The molecule has 2 N–H and O–H groups in total. The lowest BCUT2D eigenvalue weighted by Gasteiger charge is -2.21. The van der Waals surface area contributed by atoms with Gasteiger partial charge in [-0.25, -0.2) is 5.48 Å². The third kappa shape index (κ3) is 2.62. The fourth-order valence-electron chi connectivity index (χ4n) is 3.29. The van der Waals surface area contributed by atoms with Crippen LogP contribution >= 0.6 is 0 Å². The number of benzene rings is 1. The number of rotatable bonds is 8. The van der Waals surface area contributed by atoms with Crippen LogP contribution in [0.15, 0.2) is 24.3 Å². The summed E-state index contributed by atoms with van der Waals surface area (Å²) in [7, 11) is 1.53. The maximum atomic E-state index is 12.0. The van der Waals surface area contributed by atoms with Gasteiger partial charge in [0.2, 0.25) is 0 Å². The van der Waals surface area contributed by atoms with Crippen molar-refractivity contribution in [3.05, 3.63) is 29.8 Å². The fraction of sp³-hybridized carbons (Fsp3) is 0.529. The highest BCUT2D eigenvalue weighted by atomic mass is 16.5. The molecule has 6 heteroatoms. The van der Waals surface area contributed by atoms with Gasteiger partial charge in [-0.1, -0.05) is 12.1 Å². The Kier molecular flexibility index (Phi) is 4.12. The highest BCUT2D eigenvalue weighted by Crippen LogP contribution is 2.64. The SMILES string of the molecule is COC[C@]1(c2cccc(OCC3CC3)c2)C[C@]1(C=O)C(=O)NO. The average Bonchev–Trinajstić information content (AvgIpc) is 3.48. The summed E-state index contributed by atoms with van der Waals surface area (Å²) in [5.74, 6) is 0.664. The van der Waals surface area contributed by atoms with Gasteiger partial charge < -0.3 is 14.3 Å². The zero-order valence-corrected chi connectivity index (χ0v) is 13.1. The minimum atomic E-state index is -1.30. The maximum absolute atomic E-state index is 12.0. The number of methoxy groups -OCH3 is 1. The van der Waals surface area contributed by atoms with E-state index in [1.165, 1.54) is 20.0 Å². The van der Waals surface area contributed by atoms with Gasteiger partial charge in [0.25, 0.3) is 5.91 Å². The molecule has 0 aromatic heterocycles. The van der Waals surface area contributed by atoms with Crippen LogP contribution in [0.2, 0.25) is 0 Å². The molecule has 0 radical (unpaired) electrons. The molecule has 2 aliphatic carbocycles. The summed E-state index contributed by atoms with van der Waals surface area (Å²) >= 11 is 0. The van der Waals surface area contributed by atoms with Gasteiger partial charge in [-0.05, 0) is 42.9 Å². The van der Waals surface area contributed by atoms with E-state index < -0.39 is 16.7 Å². The van der Waals surface area contributed by atoms with E-state index in [0.29, 0.717) is 25.2 Å². The average molecular weight is 319 g/mol. The highest BCUT2D eigenvalue weighted by Gasteiger charge is 2.73. The lowest BCUT2D eigenvalue weighted by molar-refractivity contribution is -0.139. The molecule has 1 amide bonds. The van der Waals surface area contributed by atoms with E-state index in [-0.39, 0.29) is 6.61 Å². The van der Waals surface area contributed by atoms with Crippen molar-refractivity contribution in [2.24, 2.45) is 11.3 Å². The Balaban J connectivity index is 1.88. The van der Waals surface area contributed by atoms with Gasteiger partial charge in [-0.15, -0.1) is 0 Å². The Hall–Kier alpha value is -1.92. The Labute approximate surface area is 134 Å². The molecule has 0 aliphatic heterocycles. The van der Waals surface area contributed by atoms with Crippen LogP contribution < -0.4 is 10.2 Å². The second-order valence-electron chi connectivity index (χ2n) is 6.50. The van der Waals surface area contributed by atoms with Gasteiger partial charge >= 0.3 is 0 Å². The van der Waals surface area contributed by atoms with Crippen LogP contribution in [-0.2, 0) is 19.7 Å². The summed E-state index contributed by atoms with van der Waals surface area (Å²) < 4.78 is 11.0. The van der Waals surface area contributed by atoms with E-state index in [4.69, 9.17) is 14.7 Å². The molecule has 0 spiro atoms. The Morgan fingerprint density at radius 3 is 2.87 bits per heavy atom. The van der Waals surface area contributed by atoms with E-state index >= 15 is 0 Å². The van der Waals surface area contributed by atoms with E-state index in [1.54, 1.807) is 5.48 Å². The molecule has 0 bridgehead atoms. The number of ether oxygens (including phenoxy) is 2. The van der Waals surface area contributed by atoms with Gasteiger partial charge in [-0.2, -0.15) is 0 Å². The van der Waals surface area contributed by atoms with Crippen molar-refractivity contribution >= 4 is 12.2 Å². The fourth-order valence-corrected chi connectivity index (χ4v) is 3.29. The zero-order valence-electron chi connectivity index (χ0n) is 13.1. The van der Waals surface area contributed by atoms with E-state index in [0.717, 1.165) is 11.3 Å². The predicted octanol–water partition coefficient (Wildman–Crippen LogP) is 1.45. The van der Waals surface area contributed by atoms with Crippen LogP contribution in [0.4, 0.5) is 0 Å². The third-order valence-corrected chi connectivity index (χ3v) is 4.98. The molecule has 0 unspecified atom stereocenters. The second kappa shape index (κ2) is 5.94. The lowest BCUT2D eigenvalue weighted by atomic mass is 9.86. The van der Waals surface area contributed by atoms with Crippen molar-refractivity contribution in [3.8, 4) is 5.75 Å². The van der Waals surface area contributed by atoms with Crippen LogP contribution in [0.3, 0.4) is 0 Å². The van der Waals surface area contributed by atoms with Crippen LogP contribution in [0.1, 0.15) is 24.8 Å². The molecule has 3 rings (SSSR count). The molecule has 0 saturated heterocycles. The van der Waals surface area contributed by atoms with Crippen LogP contribution in [0.5, 0.6) is 5.75 Å². The van der Waals surface area contributed by atoms with E-state index in [1.807, 2.05) is 24.3 Å². The number of nitrogens with one attached hydrogen (secondary N) is 1.